The van der Waals surface area contributed by atoms with E-state index in [2.05, 4.69) is 54.7 Å². The third-order valence-corrected chi connectivity index (χ3v) is 8.24. The molecule has 6 rings (SSSR count). The molecule has 3 aliphatic heterocycles. The number of imidazole rings is 1. The minimum atomic E-state index is 0.0416. The molecule has 3 aliphatic rings. The van der Waals surface area contributed by atoms with E-state index in [0.717, 1.165) is 94.1 Å². The van der Waals surface area contributed by atoms with Crippen LogP contribution in [0.15, 0.2) is 36.7 Å². The highest BCUT2D eigenvalue weighted by molar-refractivity contribution is 5.85. The number of carbonyl (C=O) groups excluding carboxylic acids is 1. The van der Waals surface area contributed by atoms with Crippen molar-refractivity contribution in [3.8, 4) is 0 Å². The van der Waals surface area contributed by atoms with Gasteiger partial charge in [0.15, 0.2) is 17.0 Å². The fraction of sp³-hybridized carbons (Fsp3) is 0.571. The third-order valence-electron chi connectivity index (χ3n) is 8.24. The van der Waals surface area contributed by atoms with Gasteiger partial charge in [-0.1, -0.05) is 36.8 Å². The first-order chi connectivity index (χ1) is 17.3. The molecule has 0 bridgehead atoms. The predicted octanol–water partition coefficient (Wildman–Crippen LogP) is 4.25. The molecule has 0 radical (unpaired) electrons. The Morgan fingerprint density at radius 3 is 2.63 bits per heavy atom. The lowest BCUT2D eigenvalue weighted by molar-refractivity contribution is -0.137. The normalized spacial score (nSPS) is 21.7. The summed E-state index contributed by atoms with van der Waals surface area (Å²) in [6, 6.07) is 10.8. The summed E-state index contributed by atoms with van der Waals surface area (Å²) in [4.78, 5) is 32.2. The number of hydrogen-bond acceptors (Lipinski definition) is 5. The molecule has 1 amide bonds. The Bertz CT molecular complexity index is 1170. The molecular formula is C28H36N6O. The van der Waals surface area contributed by atoms with Crippen molar-refractivity contribution in [3.05, 3.63) is 48.0 Å². The minimum Gasteiger partial charge on any atom is -0.354 e. The zero-order chi connectivity index (χ0) is 23.6. The molecule has 5 heterocycles. The van der Waals surface area contributed by atoms with Crippen molar-refractivity contribution in [2.75, 3.05) is 31.1 Å². The Labute approximate surface area is 207 Å². The molecule has 2 aromatic heterocycles. The molecule has 0 spiro atoms. The maximum absolute atomic E-state index is 13.5. The number of benzene rings is 1. The Morgan fingerprint density at radius 2 is 1.77 bits per heavy atom. The predicted molar refractivity (Wildman–Crippen MR) is 137 cm³/mol. The molecule has 0 aliphatic carbocycles. The number of piperidine rings is 2. The van der Waals surface area contributed by atoms with Crippen molar-refractivity contribution in [1.82, 2.24) is 24.4 Å². The fourth-order valence-corrected chi connectivity index (χ4v) is 6.29. The van der Waals surface area contributed by atoms with Crippen molar-refractivity contribution >= 4 is 22.9 Å². The Morgan fingerprint density at radius 1 is 0.914 bits per heavy atom. The first-order valence-electron chi connectivity index (χ1n) is 13.5. The van der Waals surface area contributed by atoms with Gasteiger partial charge in [-0.2, -0.15) is 0 Å². The average Bonchev–Trinajstić information content (AvgIpc) is 3.10. The van der Waals surface area contributed by atoms with Crippen LogP contribution in [-0.2, 0) is 24.2 Å². The summed E-state index contributed by atoms with van der Waals surface area (Å²) < 4.78 is 2.29. The Kier molecular flexibility index (Phi) is 6.40. The second-order valence-electron chi connectivity index (χ2n) is 10.6. The number of rotatable bonds is 4. The molecule has 2 saturated heterocycles. The van der Waals surface area contributed by atoms with E-state index in [9.17, 15) is 4.79 Å². The van der Waals surface area contributed by atoms with Crippen LogP contribution in [0.1, 0.15) is 56.3 Å². The minimum absolute atomic E-state index is 0.0416. The third kappa shape index (κ3) is 4.65. The highest BCUT2D eigenvalue weighted by atomic mass is 16.2. The summed E-state index contributed by atoms with van der Waals surface area (Å²) in [6.45, 7) is 4.43. The molecule has 3 aromatic rings. The number of nitrogens with zero attached hydrogens (tertiary/aromatic N) is 6. The van der Waals surface area contributed by atoms with Gasteiger partial charge in [0.2, 0.25) is 5.91 Å². The van der Waals surface area contributed by atoms with Gasteiger partial charge >= 0.3 is 0 Å². The van der Waals surface area contributed by atoms with E-state index in [1.165, 1.54) is 24.8 Å². The van der Waals surface area contributed by atoms with Gasteiger partial charge in [-0.25, -0.2) is 15.0 Å². The molecule has 0 unspecified atom stereocenters. The van der Waals surface area contributed by atoms with Gasteiger partial charge in [0.05, 0.1) is 5.92 Å². The van der Waals surface area contributed by atoms with Gasteiger partial charge in [-0.05, 0) is 56.4 Å². The van der Waals surface area contributed by atoms with Gasteiger partial charge in [0.25, 0.3) is 0 Å². The van der Waals surface area contributed by atoms with E-state index in [1.807, 2.05) is 0 Å². The van der Waals surface area contributed by atoms with Crippen LogP contribution in [0, 0.1) is 11.8 Å². The molecule has 2 fully saturated rings. The monoisotopic (exact) mass is 472 g/mol. The molecule has 1 aromatic carbocycles. The molecule has 184 valence electrons. The summed E-state index contributed by atoms with van der Waals surface area (Å²) in [5.41, 5.74) is 3.29. The van der Waals surface area contributed by atoms with Gasteiger partial charge in [0.1, 0.15) is 12.2 Å². The summed E-state index contributed by atoms with van der Waals surface area (Å²) in [7, 11) is 0. The first kappa shape index (κ1) is 22.5. The van der Waals surface area contributed by atoms with E-state index >= 15 is 0 Å². The molecule has 0 N–H and O–H groups in total. The van der Waals surface area contributed by atoms with Crippen LogP contribution in [-0.4, -0.2) is 56.5 Å². The lowest BCUT2D eigenvalue weighted by Crippen LogP contribution is -2.47. The molecule has 1 atom stereocenters. The number of anilines is 1. The second kappa shape index (κ2) is 9.96. The second-order valence-corrected chi connectivity index (χ2v) is 10.6. The average molecular weight is 473 g/mol. The van der Waals surface area contributed by atoms with E-state index in [0.29, 0.717) is 11.8 Å². The molecular weight excluding hydrogens is 436 g/mol. The topological polar surface area (TPSA) is 67.2 Å². The number of aromatic nitrogens is 4. The smallest absolute Gasteiger partial charge is 0.227 e. The summed E-state index contributed by atoms with van der Waals surface area (Å²) in [5, 5.41) is 0. The number of carbonyl (C=O) groups is 1. The van der Waals surface area contributed by atoms with Crippen LogP contribution in [0.5, 0.6) is 0 Å². The number of hydrogen-bond donors (Lipinski definition) is 0. The lowest BCUT2D eigenvalue weighted by Gasteiger charge is -2.38. The Balaban J connectivity index is 1.12. The van der Waals surface area contributed by atoms with Crippen LogP contribution in [0.3, 0.4) is 0 Å². The van der Waals surface area contributed by atoms with Gasteiger partial charge < -0.3 is 14.4 Å². The largest absolute Gasteiger partial charge is 0.354 e. The van der Waals surface area contributed by atoms with Gasteiger partial charge in [0, 0.05) is 39.1 Å². The van der Waals surface area contributed by atoms with E-state index in [1.54, 1.807) is 6.33 Å². The summed E-state index contributed by atoms with van der Waals surface area (Å²) >= 11 is 0. The fourth-order valence-electron chi connectivity index (χ4n) is 6.29. The molecule has 7 nitrogen and oxygen atoms in total. The highest BCUT2D eigenvalue weighted by Crippen LogP contribution is 2.31. The zero-order valence-corrected chi connectivity index (χ0v) is 20.6. The quantitative estimate of drug-likeness (QED) is 0.568. The summed E-state index contributed by atoms with van der Waals surface area (Å²) in [6.07, 6.45) is 11.6. The maximum atomic E-state index is 13.5. The highest BCUT2D eigenvalue weighted by Gasteiger charge is 2.33. The number of amides is 1. The number of fused-ring (bicyclic) bond motifs is 3. The SMILES string of the molecule is O=C([C@H]1CCCN(c2ncnc3c2nc2n3CCCCC2)C1)N1CCC(Cc2ccccc2)CC1. The van der Waals surface area contributed by atoms with Crippen LogP contribution >= 0.6 is 0 Å². The van der Waals surface area contributed by atoms with Crippen molar-refractivity contribution in [2.45, 2.75) is 64.3 Å². The van der Waals surface area contributed by atoms with Crippen LogP contribution < -0.4 is 4.90 Å². The van der Waals surface area contributed by atoms with Crippen molar-refractivity contribution in [2.24, 2.45) is 11.8 Å². The van der Waals surface area contributed by atoms with Crippen molar-refractivity contribution in [1.29, 1.82) is 0 Å². The van der Waals surface area contributed by atoms with Gasteiger partial charge in [-0.3, -0.25) is 4.79 Å². The standard InChI is InChI=1S/C28H36N6O/c35-28(32-16-12-22(13-17-32)18-21-8-3-1-4-9-21)23-10-7-14-33(19-23)26-25-27(30-20-29-26)34-15-6-2-5-11-24(34)31-25/h1,3-4,8-9,20,22-23H,2,5-7,10-19H2/t23-/m0/s1. The molecule has 0 saturated carbocycles. The van der Waals surface area contributed by atoms with E-state index < -0.39 is 0 Å². The maximum Gasteiger partial charge on any atom is 0.227 e. The summed E-state index contributed by atoms with van der Waals surface area (Å²) in [5.74, 6) is 3.10. The first-order valence-corrected chi connectivity index (χ1v) is 13.5. The van der Waals surface area contributed by atoms with Crippen molar-refractivity contribution in [3.63, 3.8) is 0 Å². The van der Waals surface area contributed by atoms with Crippen LogP contribution in [0.2, 0.25) is 0 Å². The van der Waals surface area contributed by atoms with Crippen molar-refractivity contribution < 1.29 is 4.79 Å². The number of likely N-dealkylation sites (tertiary alicyclic amines) is 1. The lowest BCUT2D eigenvalue weighted by atomic mass is 9.89. The Hall–Kier alpha value is -2.96. The molecule has 35 heavy (non-hydrogen) atoms. The van der Waals surface area contributed by atoms with Crippen LogP contribution in [0.4, 0.5) is 5.82 Å². The van der Waals surface area contributed by atoms with E-state index in [-0.39, 0.29) is 5.92 Å². The number of aryl methyl sites for hydroxylation is 2. The van der Waals surface area contributed by atoms with Gasteiger partial charge in [-0.15, -0.1) is 0 Å². The molecule has 7 heteroatoms. The van der Waals surface area contributed by atoms with Crippen LogP contribution in [0.25, 0.3) is 11.2 Å². The zero-order valence-electron chi connectivity index (χ0n) is 20.6. The van der Waals surface area contributed by atoms with E-state index in [4.69, 9.17) is 4.98 Å².